The Morgan fingerprint density at radius 1 is 0.578 bits per heavy atom. The molecule has 0 saturated carbocycles. The van der Waals surface area contributed by atoms with Crippen LogP contribution >= 0.6 is 41.6 Å². The van der Waals surface area contributed by atoms with Crippen molar-refractivity contribution in [2.75, 3.05) is 5.73 Å². The topological polar surface area (TPSA) is 76.2 Å². The van der Waals surface area contributed by atoms with E-state index in [4.69, 9.17) is 41.5 Å². The quantitative estimate of drug-likeness (QED) is 0.1000. The molecule has 8 rings (SSSR count). The molecule has 0 aliphatic heterocycles. The molecule has 8 aromatic rings. The maximum absolute atomic E-state index is 14.3. The Hall–Kier alpha value is -4.57. The van der Waals surface area contributed by atoms with Crippen molar-refractivity contribution >= 4 is 98.3 Å². The molecule has 0 atom stereocenters. The first-order valence-electron chi connectivity index (χ1n) is 20.2. The van der Waals surface area contributed by atoms with E-state index in [0.717, 1.165) is 6.07 Å². The van der Waals surface area contributed by atoms with Crippen molar-refractivity contribution in [3.8, 4) is 11.3 Å². The summed E-state index contributed by atoms with van der Waals surface area (Å²) in [5.41, 5.74) is -2.02. The fourth-order valence-electron chi connectivity index (χ4n) is 7.98. The van der Waals surface area contributed by atoms with Crippen LogP contribution in [0, 0.1) is 11.6 Å². The van der Waals surface area contributed by atoms with Gasteiger partial charge in [0.2, 0.25) is 0 Å². The van der Waals surface area contributed by atoms with Crippen LogP contribution in [0.1, 0.15) is 10.5 Å². The molecule has 0 amide bonds. The van der Waals surface area contributed by atoms with Gasteiger partial charge in [-0.05, 0) is 11.3 Å². The van der Waals surface area contributed by atoms with Crippen LogP contribution < -0.4 is 42.7 Å². The van der Waals surface area contributed by atoms with E-state index in [1.54, 1.807) is 6.07 Å². The van der Waals surface area contributed by atoms with Gasteiger partial charge in [-0.25, -0.2) is 18.6 Å². The van der Waals surface area contributed by atoms with Crippen LogP contribution in [-0.4, -0.2) is 24.1 Å². The molecule has 1 heterocycles. The third-order valence-corrected chi connectivity index (χ3v) is 59.0. The summed E-state index contributed by atoms with van der Waals surface area (Å²) in [5.74, 6) is -2.89. The molecule has 1 aromatic heterocycles. The van der Waals surface area contributed by atoms with E-state index >= 15 is 0 Å². The Bertz CT molecular complexity index is 2550. The van der Waals surface area contributed by atoms with Gasteiger partial charge in [-0.3, -0.25) is 0 Å². The molecule has 0 aliphatic carbocycles. The zero-order chi connectivity index (χ0) is 45.7. The average Bonchev–Trinajstić information content (AvgIpc) is 3.30. The molecule has 0 aliphatic rings. The van der Waals surface area contributed by atoms with E-state index in [2.05, 4.69) is 187 Å². The number of rotatable bonds is 11. The second kappa shape index (κ2) is 19.9. The van der Waals surface area contributed by atoms with Gasteiger partial charge in [0.1, 0.15) is 11.5 Å². The zero-order valence-electron chi connectivity index (χ0n) is 35.1. The van der Waals surface area contributed by atoms with E-state index in [0.29, 0.717) is 5.19 Å². The van der Waals surface area contributed by atoms with Crippen LogP contribution in [0.15, 0.2) is 200 Å². The molecule has 0 unspecified atom stereocenters. The summed E-state index contributed by atoms with van der Waals surface area (Å²) in [6.45, 7) is 5.94. The number of aromatic nitrogens is 1. The number of carboxylic acid groups (broad SMARTS) is 1. The van der Waals surface area contributed by atoms with Crippen LogP contribution in [0.3, 0.4) is 0 Å². The van der Waals surface area contributed by atoms with Crippen LogP contribution in [0.4, 0.5) is 14.5 Å². The van der Waals surface area contributed by atoms with Gasteiger partial charge >= 0.3 is 262 Å². The number of carboxylic acids is 1. The third-order valence-electron chi connectivity index (χ3n) is 10.9. The van der Waals surface area contributed by atoms with Crippen LogP contribution in [0.2, 0.25) is 24.7 Å². The van der Waals surface area contributed by atoms with E-state index in [1.807, 2.05) is 19.6 Å². The van der Waals surface area contributed by atoms with E-state index in [-0.39, 0.29) is 11.3 Å². The first kappa shape index (κ1) is 47.4. The minimum absolute atomic E-state index is 0.105. The number of pyridine rings is 1. The molecule has 0 fully saturated rings. The first-order chi connectivity index (χ1) is 30.7. The van der Waals surface area contributed by atoms with Crippen molar-refractivity contribution in [3.63, 3.8) is 0 Å². The first-order valence-corrected chi connectivity index (χ1v) is 36.4. The molecule has 332 valence electrons. The third kappa shape index (κ3) is 8.77. The normalized spacial score (nSPS) is 12.7. The Labute approximate surface area is 390 Å². The monoisotopic (exact) mass is 1060 g/mol. The Morgan fingerprint density at radius 3 is 1.16 bits per heavy atom. The van der Waals surface area contributed by atoms with Crippen LogP contribution in [0.25, 0.3) is 11.3 Å². The summed E-state index contributed by atoms with van der Waals surface area (Å²) in [6, 6.07) is 69.6. The number of nitrogen functional groups attached to an aromatic ring is 1. The predicted octanol–water partition coefficient (Wildman–Crippen LogP) is 11.2. The second-order valence-electron chi connectivity index (χ2n) is 15.9. The summed E-state index contributed by atoms with van der Waals surface area (Å²) in [6.07, 6.45) is 0. The SMILES string of the molecule is C[Si](C)(C)c1ccc(-c2nc(C(=O)O)c(Cl)c(N)c2F)cc1F.[Cl][Pd]([Cl])([PH](c1ccccc1)(c1ccccc1)c1ccccc1)[PH](c1ccccc1)(c1ccccc1)c1ccccc1. The molecule has 4 nitrogen and oxygen atoms in total. The molecular formula is C51H47Cl3F2N2O2P2PdSi. The van der Waals surface area contributed by atoms with Gasteiger partial charge in [0.15, 0.2) is 11.5 Å². The number of nitrogens with zero attached hydrogens (tertiary/aromatic N) is 1. The van der Waals surface area contributed by atoms with Gasteiger partial charge in [0.05, 0.1) is 18.8 Å². The van der Waals surface area contributed by atoms with Gasteiger partial charge in [-0.2, -0.15) is 0 Å². The van der Waals surface area contributed by atoms with Gasteiger partial charge in [0, 0.05) is 5.56 Å². The van der Waals surface area contributed by atoms with E-state index in [9.17, 15) is 13.6 Å². The average molecular weight is 1060 g/mol. The standard InChI is InChI=1S/2C18H15P.C15H15ClF2N2O2Si.2ClH.Pd/c2*1-4-10-16(11-5-1)19(17-12-6-2-7-13-17)18-14-8-3-9-15-18;1-23(2,3)9-5-4-7(6-8(9)17)13-11(18)12(19)10(16)14(20-13)15(21)22;;;/h2*1-15H;4-6H,1-3H3,(H2,19,20)(H,21,22);2*1H;. The van der Waals surface area contributed by atoms with Crippen molar-refractivity contribution in [3.05, 3.63) is 223 Å². The number of benzene rings is 7. The fourth-order valence-corrected chi connectivity index (χ4v) is 65.2. The summed E-state index contributed by atoms with van der Waals surface area (Å²) < 4.78 is 28.6. The molecule has 64 heavy (non-hydrogen) atoms. The Kier molecular flexibility index (Phi) is 14.7. The maximum atomic E-state index is 14.3. The van der Waals surface area contributed by atoms with Crippen molar-refractivity contribution in [2.24, 2.45) is 0 Å². The minimum atomic E-state index is -3.67. The Balaban J connectivity index is 0.000000226. The summed E-state index contributed by atoms with van der Waals surface area (Å²) in [5, 5.41) is 16.7. The van der Waals surface area contributed by atoms with Gasteiger partial charge < -0.3 is 10.8 Å². The van der Waals surface area contributed by atoms with Crippen molar-refractivity contribution in [1.29, 1.82) is 0 Å². The van der Waals surface area contributed by atoms with Crippen LogP contribution in [-0.2, 0) is 12.5 Å². The summed E-state index contributed by atoms with van der Waals surface area (Å²) in [4.78, 5) is 14.8. The number of halogens is 5. The van der Waals surface area contributed by atoms with Crippen molar-refractivity contribution < 1.29 is 31.2 Å². The van der Waals surface area contributed by atoms with Crippen molar-refractivity contribution in [1.82, 2.24) is 4.98 Å². The molecule has 3 N–H and O–H groups in total. The van der Waals surface area contributed by atoms with Gasteiger partial charge in [-0.15, -0.1) is 0 Å². The second-order valence-corrected chi connectivity index (χ2v) is 53.2. The fraction of sp³-hybridized carbons (Fsp3) is 0.0588. The molecular weight excluding hydrogens is 1010 g/mol. The van der Waals surface area contributed by atoms with Gasteiger partial charge in [0.25, 0.3) is 0 Å². The number of carbonyl (C=O) groups is 1. The Morgan fingerprint density at radius 2 is 0.891 bits per heavy atom. The summed E-state index contributed by atoms with van der Waals surface area (Å²) in [7, 11) is 15.4. The van der Waals surface area contributed by atoms with Gasteiger partial charge in [-0.1, -0.05) is 43.4 Å². The molecule has 0 spiro atoms. The number of hydrogen-bond donors (Lipinski definition) is 2. The predicted molar refractivity (Wildman–Crippen MR) is 274 cm³/mol. The number of anilines is 1. The van der Waals surface area contributed by atoms with E-state index in [1.165, 1.54) is 37.9 Å². The van der Waals surface area contributed by atoms with Crippen LogP contribution in [0.5, 0.6) is 0 Å². The molecule has 0 saturated heterocycles. The number of hydrogen-bond acceptors (Lipinski definition) is 3. The number of nitrogens with two attached hydrogens (primary N) is 1. The van der Waals surface area contributed by atoms with E-state index < -0.39 is 65.5 Å². The molecule has 7 aromatic carbocycles. The molecule has 0 bridgehead atoms. The van der Waals surface area contributed by atoms with Crippen molar-refractivity contribution in [2.45, 2.75) is 19.6 Å². The molecule has 13 heteroatoms. The summed E-state index contributed by atoms with van der Waals surface area (Å²) >= 11 is 2.03. The number of aromatic carboxylic acids is 1. The zero-order valence-corrected chi connectivity index (χ0v) is 42.0. The molecule has 0 radical (unpaired) electrons.